The maximum absolute atomic E-state index is 12.3. The number of aryl methyl sites for hydroxylation is 2. The van der Waals surface area contributed by atoms with Crippen molar-refractivity contribution in [2.24, 2.45) is 5.73 Å². The lowest BCUT2D eigenvalue weighted by molar-refractivity contribution is -0.120. The van der Waals surface area contributed by atoms with Crippen LogP contribution in [0.2, 0.25) is 0 Å². The molecular weight excluding hydrogens is 316 g/mol. The van der Waals surface area contributed by atoms with Crippen molar-refractivity contribution >= 4 is 22.8 Å². The van der Waals surface area contributed by atoms with Crippen LogP contribution in [0.15, 0.2) is 47.1 Å². The van der Waals surface area contributed by atoms with Gasteiger partial charge in [-0.25, -0.2) is 0 Å². The van der Waals surface area contributed by atoms with E-state index in [-0.39, 0.29) is 12.3 Å². The number of primary amides is 1. The van der Waals surface area contributed by atoms with Gasteiger partial charge in [0.2, 0.25) is 11.8 Å². The maximum atomic E-state index is 12.3. The SMILES string of the molecule is Cc1ccc2c(CC(=O)NCc3cccc(C(N)=O)c3)coc2c1C. The molecule has 0 aliphatic rings. The molecule has 128 valence electrons. The summed E-state index contributed by atoms with van der Waals surface area (Å²) in [6.45, 7) is 4.38. The van der Waals surface area contributed by atoms with Crippen LogP contribution in [0.25, 0.3) is 11.0 Å². The fraction of sp³-hybridized carbons (Fsp3) is 0.200. The largest absolute Gasteiger partial charge is 0.464 e. The predicted octanol–water partition coefficient (Wildman–Crippen LogP) is 3.01. The summed E-state index contributed by atoms with van der Waals surface area (Å²) < 4.78 is 5.64. The van der Waals surface area contributed by atoms with E-state index >= 15 is 0 Å². The van der Waals surface area contributed by atoms with Crippen LogP contribution < -0.4 is 11.1 Å². The van der Waals surface area contributed by atoms with Gasteiger partial charge in [-0.2, -0.15) is 0 Å². The molecule has 0 fully saturated rings. The summed E-state index contributed by atoms with van der Waals surface area (Å²) in [6.07, 6.45) is 1.88. The molecule has 0 saturated heterocycles. The van der Waals surface area contributed by atoms with E-state index in [1.165, 1.54) is 0 Å². The molecule has 0 spiro atoms. The minimum absolute atomic E-state index is 0.106. The maximum Gasteiger partial charge on any atom is 0.248 e. The van der Waals surface area contributed by atoms with Gasteiger partial charge in [-0.3, -0.25) is 9.59 Å². The number of nitrogens with two attached hydrogens (primary N) is 1. The Morgan fingerprint density at radius 3 is 2.72 bits per heavy atom. The van der Waals surface area contributed by atoms with Crippen molar-refractivity contribution in [1.29, 1.82) is 0 Å². The minimum atomic E-state index is -0.483. The van der Waals surface area contributed by atoms with E-state index in [9.17, 15) is 9.59 Å². The average molecular weight is 336 g/mol. The topological polar surface area (TPSA) is 85.3 Å². The molecule has 2 amide bonds. The molecule has 3 aromatic rings. The van der Waals surface area contributed by atoms with E-state index in [1.807, 2.05) is 32.0 Å². The van der Waals surface area contributed by atoms with Gasteiger partial charge in [-0.05, 0) is 42.7 Å². The number of carbonyl (C=O) groups excluding carboxylic acids is 2. The number of nitrogens with one attached hydrogen (secondary N) is 1. The van der Waals surface area contributed by atoms with Gasteiger partial charge in [0.1, 0.15) is 5.58 Å². The first-order chi connectivity index (χ1) is 12.0. The highest BCUT2D eigenvalue weighted by Gasteiger charge is 2.13. The van der Waals surface area contributed by atoms with Crippen molar-refractivity contribution in [1.82, 2.24) is 5.32 Å². The predicted molar refractivity (Wildman–Crippen MR) is 96.2 cm³/mol. The zero-order valence-corrected chi connectivity index (χ0v) is 14.3. The Morgan fingerprint density at radius 1 is 1.16 bits per heavy atom. The van der Waals surface area contributed by atoms with Gasteiger partial charge in [0, 0.05) is 23.1 Å². The molecule has 5 nitrogen and oxygen atoms in total. The van der Waals surface area contributed by atoms with Crippen molar-refractivity contribution < 1.29 is 14.0 Å². The normalized spacial score (nSPS) is 10.8. The summed E-state index contributed by atoms with van der Waals surface area (Å²) in [5.74, 6) is -0.589. The molecule has 3 N–H and O–H groups in total. The van der Waals surface area contributed by atoms with Gasteiger partial charge in [0.05, 0.1) is 12.7 Å². The van der Waals surface area contributed by atoms with E-state index in [4.69, 9.17) is 10.2 Å². The van der Waals surface area contributed by atoms with Crippen LogP contribution in [0.1, 0.15) is 32.6 Å². The zero-order valence-electron chi connectivity index (χ0n) is 14.3. The fourth-order valence-electron chi connectivity index (χ4n) is 2.80. The zero-order chi connectivity index (χ0) is 18.0. The first-order valence-electron chi connectivity index (χ1n) is 8.07. The monoisotopic (exact) mass is 336 g/mol. The Kier molecular flexibility index (Phi) is 4.57. The van der Waals surface area contributed by atoms with Crippen LogP contribution in [-0.4, -0.2) is 11.8 Å². The molecule has 0 radical (unpaired) electrons. The van der Waals surface area contributed by atoms with Gasteiger partial charge in [-0.1, -0.05) is 24.3 Å². The molecule has 25 heavy (non-hydrogen) atoms. The Bertz CT molecular complexity index is 957. The number of carbonyl (C=O) groups is 2. The van der Waals surface area contributed by atoms with E-state index in [1.54, 1.807) is 24.5 Å². The van der Waals surface area contributed by atoms with Crippen molar-refractivity contribution in [3.63, 3.8) is 0 Å². The van der Waals surface area contributed by atoms with E-state index in [0.717, 1.165) is 33.2 Å². The minimum Gasteiger partial charge on any atom is -0.464 e. The third-order valence-corrected chi connectivity index (χ3v) is 4.39. The van der Waals surface area contributed by atoms with Crippen molar-refractivity contribution in [2.75, 3.05) is 0 Å². The Balaban J connectivity index is 1.68. The number of furan rings is 1. The van der Waals surface area contributed by atoms with Gasteiger partial charge in [0.25, 0.3) is 0 Å². The van der Waals surface area contributed by atoms with E-state index in [2.05, 4.69) is 5.32 Å². The van der Waals surface area contributed by atoms with Gasteiger partial charge < -0.3 is 15.5 Å². The summed E-state index contributed by atoms with van der Waals surface area (Å²) in [5.41, 5.74) is 10.5. The third-order valence-electron chi connectivity index (χ3n) is 4.39. The molecule has 0 aliphatic heterocycles. The second-order valence-corrected chi connectivity index (χ2v) is 6.16. The third kappa shape index (κ3) is 3.55. The molecule has 1 heterocycles. The standard InChI is InChI=1S/C20H20N2O3/c1-12-6-7-17-16(11-25-19(17)13(12)2)9-18(23)22-10-14-4-3-5-15(8-14)20(21)24/h3-8,11H,9-10H2,1-2H3,(H2,21,24)(H,22,23). The number of hydrogen-bond acceptors (Lipinski definition) is 3. The number of rotatable bonds is 5. The Hall–Kier alpha value is -3.08. The quantitative estimate of drug-likeness (QED) is 0.751. The molecule has 3 rings (SSSR count). The lowest BCUT2D eigenvalue weighted by Gasteiger charge is -2.06. The van der Waals surface area contributed by atoms with Crippen molar-refractivity contribution in [2.45, 2.75) is 26.8 Å². The molecule has 0 bridgehead atoms. The van der Waals surface area contributed by atoms with Crippen LogP contribution >= 0.6 is 0 Å². The van der Waals surface area contributed by atoms with E-state index < -0.39 is 5.91 Å². The van der Waals surface area contributed by atoms with Gasteiger partial charge in [-0.15, -0.1) is 0 Å². The van der Waals surface area contributed by atoms with Crippen LogP contribution in [0.4, 0.5) is 0 Å². The molecule has 0 atom stereocenters. The summed E-state index contributed by atoms with van der Waals surface area (Å²) in [7, 11) is 0. The molecule has 1 aromatic heterocycles. The highest BCUT2D eigenvalue weighted by molar-refractivity contribution is 5.93. The molecule has 0 aliphatic carbocycles. The van der Waals surface area contributed by atoms with Crippen molar-refractivity contribution in [3.05, 3.63) is 70.5 Å². The number of benzene rings is 2. The lowest BCUT2D eigenvalue weighted by Crippen LogP contribution is -2.24. The van der Waals surface area contributed by atoms with Gasteiger partial charge >= 0.3 is 0 Å². The van der Waals surface area contributed by atoms with Crippen LogP contribution in [-0.2, 0) is 17.8 Å². The average Bonchev–Trinajstić information content (AvgIpc) is 3.00. The summed E-state index contributed by atoms with van der Waals surface area (Å²) in [4.78, 5) is 23.5. The summed E-state index contributed by atoms with van der Waals surface area (Å²) in [6, 6.07) is 10.9. The van der Waals surface area contributed by atoms with Crippen LogP contribution in [0.3, 0.4) is 0 Å². The summed E-state index contributed by atoms with van der Waals surface area (Å²) >= 11 is 0. The molecular formula is C20H20N2O3. The van der Waals surface area contributed by atoms with Gasteiger partial charge in [0.15, 0.2) is 0 Å². The smallest absolute Gasteiger partial charge is 0.248 e. The molecule has 0 unspecified atom stereocenters. The number of hydrogen-bond donors (Lipinski definition) is 2. The first-order valence-corrected chi connectivity index (χ1v) is 8.07. The highest BCUT2D eigenvalue weighted by atomic mass is 16.3. The second kappa shape index (κ2) is 6.81. The molecule has 5 heteroatoms. The van der Waals surface area contributed by atoms with Crippen LogP contribution in [0, 0.1) is 13.8 Å². The highest BCUT2D eigenvalue weighted by Crippen LogP contribution is 2.26. The Morgan fingerprint density at radius 2 is 1.96 bits per heavy atom. The van der Waals surface area contributed by atoms with Crippen LogP contribution in [0.5, 0.6) is 0 Å². The number of amides is 2. The fourth-order valence-corrected chi connectivity index (χ4v) is 2.80. The first kappa shape index (κ1) is 16.8. The van der Waals surface area contributed by atoms with Crippen molar-refractivity contribution in [3.8, 4) is 0 Å². The lowest BCUT2D eigenvalue weighted by atomic mass is 10.0. The Labute approximate surface area is 145 Å². The molecule has 0 saturated carbocycles. The van der Waals surface area contributed by atoms with E-state index in [0.29, 0.717) is 12.1 Å². The summed E-state index contributed by atoms with van der Waals surface area (Å²) in [5, 5.41) is 3.83. The second-order valence-electron chi connectivity index (χ2n) is 6.16. The number of fused-ring (bicyclic) bond motifs is 1. The molecule has 2 aromatic carbocycles.